The van der Waals surface area contributed by atoms with Crippen molar-refractivity contribution in [2.24, 2.45) is 5.92 Å². The second-order valence-electron chi connectivity index (χ2n) is 4.50. The summed E-state index contributed by atoms with van der Waals surface area (Å²) in [6, 6.07) is 3.45. The molecule has 1 atom stereocenters. The Labute approximate surface area is 99.7 Å². The standard InChI is InChI=1S/C12H15N3O2/c1-15(7-11(16)8-2-3-8)12(17)9-4-10(5-13)14-6-9/h4,6,8,11,14,16H,2-3,7H2,1H3. The zero-order valence-electron chi connectivity index (χ0n) is 9.68. The third kappa shape index (κ3) is 2.66. The third-order valence-corrected chi connectivity index (χ3v) is 3.02. The molecule has 1 saturated carbocycles. The van der Waals surface area contributed by atoms with E-state index in [2.05, 4.69) is 4.98 Å². The molecule has 0 aliphatic heterocycles. The van der Waals surface area contributed by atoms with Gasteiger partial charge in [-0.05, 0) is 24.8 Å². The van der Waals surface area contributed by atoms with Crippen molar-refractivity contribution in [1.29, 1.82) is 5.26 Å². The van der Waals surface area contributed by atoms with Crippen LogP contribution in [0.4, 0.5) is 0 Å². The molecule has 1 amide bonds. The minimum absolute atomic E-state index is 0.178. The van der Waals surface area contributed by atoms with Crippen molar-refractivity contribution in [3.05, 3.63) is 23.5 Å². The molecule has 1 aliphatic carbocycles. The fourth-order valence-electron chi connectivity index (χ4n) is 1.80. The lowest BCUT2D eigenvalue weighted by atomic mass is 10.2. The van der Waals surface area contributed by atoms with Crippen LogP contribution in [0.1, 0.15) is 28.9 Å². The van der Waals surface area contributed by atoms with Gasteiger partial charge in [0.15, 0.2) is 0 Å². The maximum Gasteiger partial charge on any atom is 0.255 e. The number of aliphatic hydroxyl groups excluding tert-OH is 1. The summed E-state index contributed by atoms with van der Waals surface area (Å²) >= 11 is 0. The van der Waals surface area contributed by atoms with Gasteiger partial charge in [-0.1, -0.05) is 0 Å². The summed E-state index contributed by atoms with van der Waals surface area (Å²) in [7, 11) is 1.66. The lowest BCUT2D eigenvalue weighted by molar-refractivity contribution is 0.0645. The summed E-state index contributed by atoms with van der Waals surface area (Å²) in [6.45, 7) is 0.344. The van der Waals surface area contributed by atoms with Crippen LogP contribution in [0, 0.1) is 17.2 Å². The molecule has 1 aromatic rings. The molecule has 1 aromatic heterocycles. The number of nitrogens with zero attached hydrogens (tertiary/aromatic N) is 2. The summed E-state index contributed by atoms with van der Waals surface area (Å²) in [5.41, 5.74) is 0.816. The highest BCUT2D eigenvalue weighted by molar-refractivity contribution is 5.94. The molecule has 0 saturated heterocycles. The fraction of sp³-hybridized carbons (Fsp3) is 0.500. The van der Waals surface area contributed by atoms with Crippen LogP contribution < -0.4 is 0 Å². The van der Waals surface area contributed by atoms with Gasteiger partial charge in [0, 0.05) is 19.8 Å². The lowest BCUT2D eigenvalue weighted by Crippen LogP contribution is -2.35. The molecule has 5 heteroatoms. The summed E-state index contributed by atoms with van der Waals surface area (Å²) < 4.78 is 0. The van der Waals surface area contributed by atoms with Crippen molar-refractivity contribution in [1.82, 2.24) is 9.88 Å². The molecule has 0 bridgehead atoms. The van der Waals surface area contributed by atoms with Crippen molar-refractivity contribution in [3.63, 3.8) is 0 Å². The zero-order valence-corrected chi connectivity index (χ0v) is 9.68. The van der Waals surface area contributed by atoms with Crippen LogP contribution in [0.2, 0.25) is 0 Å². The third-order valence-electron chi connectivity index (χ3n) is 3.02. The van der Waals surface area contributed by atoms with E-state index in [0.29, 0.717) is 23.7 Å². The number of amides is 1. The normalized spacial score (nSPS) is 16.3. The van der Waals surface area contributed by atoms with E-state index in [4.69, 9.17) is 5.26 Å². The average molecular weight is 233 g/mol. The second kappa shape index (κ2) is 4.60. The van der Waals surface area contributed by atoms with Gasteiger partial charge in [0.05, 0.1) is 11.7 Å². The molecule has 1 unspecified atom stereocenters. The maximum absolute atomic E-state index is 11.9. The van der Waals surface area contributed by atoms with E-state index in [1.54, 1.807) is 7.05 Å². The van der Waals surface area contributed by atoms with Gasteiger partial charge in [0.2, 0.25) is 0 Å². The number of rotatable bonds is 4. The van der Waals surface area contributed by atoms with E-state index in [-0.39, 0.29) is 5.91 Å². The highest BCUT2D eigenvalue weighted by Gasteiger charge is 2.31. The minimum Gasteiger partial charge on any atom is -0.391 e. The first-order valence-electron chi connectivity index (χ1n) is 5.64. The van der Waals surface area contributed by atoms with Crippen LogP contribution in [0.25, 0.3) is 0 Å². The predicted molar refractivity (Wildman–Crippen MR) is 61.2 cm³/mol. The van der Waals surface area contributed by atoms with Crippen molar-refractivity contribution in [3.8, 4) is 6.07 Å². The number of hydrogen-bond donors (Lipinski definition) is 2. The molecule has 1 aliphatic rings. The largest absolute Gasteiger partial charge is 0.391 e. The first-order valence-corrected chi connectivity index (χ1v) is 5.64. The van der Waals surface area contributed by atoms with E-state index < -0.39 is 6.10 Å². The smallest absolute Gasteiger partial charge is 0.255 e. The van der Waals surface area contributed by atoms with Crippen LogP contribution in [0.5, 0.6) is 0 Å². The minimum atomic E-state index is -0.432. The quantitative estimate of drug-likeness (QED) is 0.804. The van der Waals surface area contributed by atoms with Gasteiger partial charge in [0.1, 0.15) is 11.8 Å². The molecule has 5 nitrogen and oxygen atoms in total. The van der Waals surface area contributed by atoms with Crippen LogP contribution in [-0.2, 0) is 0 Å². The number of aromatic nitrogens is 1. The van der Waals surface area contributed by atoms with E-state index in [9.17, 15) is 9.90 Å². The topological polar surface area (TPSA) is 80.1 Å². The Morgan fingerprint density at radius 3 is 3.00 bits per heavy atom. The number of likely N-dealkylation sites (N-methyl/N-ethyl adjacent to an activating group) is 1. The van der Waals surface area contributed by atoms with Gasteiger partial charge < -0.3 is 15.0 Å². The van der Waals surface area contributed by atoms with Gasteiger partial charge >= 0.3 is 0 Å². The molecular weight excluding hydrogens is 218 g/mol. The number of nitrogens with one attached hydrogen (secondary N) is 1. The zero-order chi connectivity index (χ0) is 12.4. The Morgan fingerprint density at radius 1 is 1.76 bits per heavy atom. The molecule has 2 N–H and O–H groups in total. The van der Waals surface area contributed by atoms with Gasteiger partial charge in [-0.25, -0.2) is 0 Å². The first kappa shape index (κ1) is 11.7. The number of hydrogen-bond acceptors (Lipinski definition) is 3. The Bertz CT molecular complexity index is 457. The SMILES string of the molecule is CN(CC(O)C1CC1)C(=O)c1c[nH]c(C#N)c1. The van der Waals surface area contributed by atoms with E-state index in [0.717, 1.165) is 12.8 Å². The molecular formula is C12H15N3O2. The number of aliphatic hydroxyl groups is 1. The van der Waals surface area contributed by atoms with Gasteiger partial charge in [-0.3, -0.25) is 4.79 Å². The van der Waals surface area contributed by atoms with E-state index in [1.807, 2.05) is 6.07 Å². The average Bonchev–Trinajstić information content (AvgIpc) is 3.06. The number of carbonyl (C=O) groups is 1. The Hall–Kier alpha value is -1.80. The molecule has 90 valence electrons. The monoisotopic (exact) mass is 233 g/mol. The second-order valence-corrected chi connectivity index (χ2v) is 4.50. The first-order chi connectivity index (χ1) is 8.11. The van der Waals surface area contributed by atoms with Crippen molar-refractivity contribution in [2.75, 3.05) is 13.6 Å². The van der Waals surface area contributed by atoms with Crippen LogP contribution in [0.15, 0.2) is 12.3 Å². The van der Waals surface area contributed by atoms with Gasteiger partial charge in [0.25, 0.3) is 5.91 Å². The predicted octanol–water partition coefficient (Wildman–Crippen LogP) is 0.729. The summed E-state index contributed by atoms with van der Waals surface area (Å²) in [4.78, 5) is 16.1. The fourth-order valence-corrected chi connectivity index (χ4v) is 1.80. The van der Waals surface area contributed by atoms with E-state index >= 15 is 0 Å². The van der Waals surface area contributed by atoms with E-state index in [1.165, 1.54) is 17.2 Å². The van der Waals surface area contributed by atoms with Gasteiger partial charge in [-0.2, -0.15) is 5.26 Å². The van der Waals surface area contributed by atoms with Crippen LogP contribution in [0.3, 0.4) is 0 Å². The Morgan fingerprint density at radius 2 is 2.47 bits per heavy atom. The maximum atomic E-state index is 11.9. The van der Waals surface area contributed by atoms with Crippen molar-refractivity contribution in [2.45, 2.75) is 18.9 Å². The number of carbonyl (C=O) groups excluding carboxylic acids is 1. The Balaban J connectivity index is 1.96. The molecule has 0 spiro atoms. The van der Waals surface area contributed by atoms with Crippen molar-refractivity contribution < 1.29 is 9.90 Å². The Kier molecular flexibility index (Phi) is 3.16. The molecule has 0 radical (unpaired) electrons. The number of aromatic amines is 1. The summed E-state index contributed by atoms with van der Waals surface area (Å²) in [6.07, 6.45) is 3.18. The molecule has 2 rings (SSSR count). The molecule has 1 fully saturated rings. The van der Waals surface area contributed by atoms with Crippen LogP contribution >= 0.6 is 0 Å². The van der Waals surface area contributed by atoms with Crippen LogP contribution in [-0.4, -0.2) is 40.6 Å². The molecule has 17 heavy (non-hydrogen) atoms. The van der Waals surface area contributed by atoms with Gasteiger partial charge in [-0.15, -0.1) is 0 Å². The highest BCUT2D eigenvalue weighted by Crippen LogP contribution is 2.32. The number of H-pyrrole nitrogens is 1. The highest BCUT2D eigenvalue weighted by atomic mass is 16.3. The molecule has 0 aromatic carbocycles. The summed E-state index contributed by atoms with van der Waals surface area (Å²) in [5.74, 6) is 0.175. The van der Waals surface area contributed by atoms with Crippen molar-refractivity contribution >= 4 is 5.91 Å². The lowest BCUT2D eigenvalue weighted by Gasteiger charge is -2.20. The molecule has 1 heterocycles. The number of nitriles is 1. The summed E-state index contributed by atoms with van der Waals surface area (Å²) in [5, 5.41) is 18.4.